The summed E-state index contributed by atoms with van der Waals surface area (Å²) in [5, 5.41) is 0. The minimum absolute atomic E-state index is 0.0201. The highest BCUT2D eigenvalue weighted by Gasteiger charge is 2.09. The SMILES string of the molecule is NC(Cc1ccc(Br)cc1)c1ccccc1Br. The molecule has 0 amide bonds. The van der Waals surface area contributed by atoms with Gasteiger partial charge in [0.1, 0.15) is 0 Å². The van der Waals surface area contributed by atoms with Gasteiger partial charge >= 0.3 is 0 Å². The van der Waals surface area contributed by atoms with Crippen LogP contribution in [0.5, 0.6) is 0 Å². The summed E-state index contributed by atoms with van der Waals surface area (Å²) in [6, 6.07) is 16.4. The second kappa shape index (κ2) is 5.80. The summed E-state index contributed by atoms with van der Waals surface area (Å²) >= 11 is 6.96. The zero-order valence-corrected chi connectivity index (χ0v) is 12.4. The van der Waals surface area contributed by atoms with Gasteiger partial charge in [-0.05, 0) is 35.7 Å². The van der Waals surface area contributed by atoms with Gasteiger partial charge < -0.3 is 5.73 Å². The molecule has 1 nitrogen and oxygen atoms in total. The second-order valence-electron chi connectivity index (χ2n) is 3.96. The van der Waals surface area contributed by atoms with Gasteiger partial charge in [0.05, 0.1) is 0 Å². The molecule has 2 aromatic rings. The van der Waals surface area contributed by atoms with E-state index in [4.69, 9.17) is 5.73 Å². The molecule has 88 valence electrons. The van der Waals surface area contributed by atoms with Crippen LogP contribution in [0.25, 0.3) is 0 Å². The van der Waals surface area contributed by atoms with Crippen LogP contribution in [0.3, 0.4) is 0 Å². The molecule has 1 unspecified atom stereocenters. The molecular formula is C14H13Br2N. The third-order valence-corrected chi connectivity index (χ3v) is 3.92. The average molecular weight is 355 g/mol. The molecule has 0 saturated carbocycles. The number of halogens is 2. The lowest BCUT2D eigenvalue weighted by Crippen LogP contribution is -2.13. The van der Waals surface area contributed by atoms with Crippen molar-refractivity contribution in [2.75, 3.05) is 0 Å². The maximum atomic E-state index is 6.22. The highest BCUT2D eigenvalue weighted by atomic mass is 79.9. The van der Waals surface area contributed by atoms with Gasteiger partial charge in [0.2, 0.25) is 0 Å². The summed E-state index contributed by atoms with van der Waals surface area (Å²) in [5.74, 6) is 0. The first-order valence-electron chi connectivity index (χ1n) is 5.41. The molecule has 0 aromatic heterocycles. The normalized spacial score (nSPS) is 12.4. The zero-order valence-electron chi connectivity index (χ0n) is 9.24. The Balaban J connectivity index is 2.14. The summed E-state index contributed by atoms with van der Waals surface area (Å²) in [6.45, 7) is 0. The Morgan fingerprint density at radius 1 is 0.941 bits per heavy atom. The monoisotopic (exact) mass is 353 g/mol. The molecule has 0 aliphatic rings. The van der Waals surface area contributed by atoms with Crippen LogP contribution in [0.4, 0.5) is 0 Å². The van der Waals surface area contributed by atoms with Crippen molar-refractivity contribution in [3.63, 3.8) is 0 Å². The van der Waals surface area contributed by atoms with Gasteiger partial charge in [-0.25, -0.2) is 0 Å². The summed E-state index contributed by atoms with van der Waals surface area (Å²) < 4.78 is 2.17. The molecule has 0 fully saturated rings. The van der Waals surface area contributed by atoms with Crippen LogP contribution in [0, 0.1) is 0 Å². The molecule has 0 heterocycles. The van der Waals surface area contributed by atoms with Crippen molar-refractivity contribution < 1.29 is 0 Å². The first-order chi connectivity index (χ1) is 8.16. The Morgan fingerprint density at radius 2 is 1.59 bits per heavy atom. The van der Waals surface area contributed by atoms with E-state index in [0.717, 1.165) is 20.9 Å². The Labute approximate surface area is 118 Å². The van der Waals surface area contributed by atoms with Crippen LogP contribution in [0.1, 0.15) is 17.2 Å². The van der Waals surface area contributed by atoms with Crippen LogP contribution in [-0.4, -0.2) is 0 Å². The molecule has 0 spiro atoms. The van der Waals surface area contributed by atoms with Crippen LogP contribution >= 0.6 is 31.9 Å². The third-order valence-electron chi connectivity index (χ3n) is 2.67. The summed E-state index contributed by atoms with van der Waals surface area (Å²) in [7, 11) is 0. The Hall–Kier alpha value is -0.640. The molecule has 2 rings (SSSR count). The molecule has 0 aliphatic heterocycles. The molecule has 2 N–H and O–H groups in total. The minimum atomic E-state index is 0.0201. The first kappa shape index (κ1) is 12.8. The van der Waals surface area contributed by atoms with Crippen molar-refractivity contribution in [3.05, 3.63) is 68.6 Å². The van der Waals surface area contributed by atoms with E-state index >= 15 is 0 Å². The molecule has 2 aromatic carbocycles. The van der Waals surface area contributed by atoms with E-state index in [0.29, 0.717) is 0 Å². The number of hydrogen-bond acceptors (Lipinski definition) is 1. The van der Waals surface area contributed by atoms with Gasteiger partial charge in [0, 0.05) is 15.0 Å². The lowest BCUT2D eigenvalue weighted by atomic mass is 10.00. The quantitative estimate of drug-likeness (QED) is 0.865. The standard InChI is InChI=1S/C14H13Br2N/c15-11-7-5-10(6-8-11)9-14(17)12-3-1-2-4-13(12)16/h1-8,14H,9,17H2. The molecular weight excluding hydrogens is 342 g/mol. The summed E-state index contributed by atoms with van der Waals surface area (Å²) in [4.78, 5) is 0. The third kappa shape index (κ3) is 3.41. The summed E-state index contributed by atoms with van der Waals surface area (Å²) in [6.07, 6.45) is 0.843. The molecule has 0 aliphatic carbocycles. The fourth-order valence-corrected chi connectivity index (χ4v) is 2.60. The van der Waals surface area contributed by atoms with E-state index in [9.17, 15) is 0 Å². The molecule has 0 radical (unpaired) electrons. The lowest BCUT2D eigenvalue weighted by Gasteiger charge is -2.13. The maximum absolute atomic E-state index is 6.22. The highest BCUT2D eigenvalue weighted by molar-refractivity contribution is 9.10. The van der Waals surface area contributed by atoms with Crippen molar-refractivity contribution in [1.82, 2.24) is 0 Å². The predicted octanol–water partition coefficient (Wildman–Crippen LogP) is 4.45. The smallest absolute Gasteiger partial charge is 0.0347 e. The van der Waals surface area contributed by atoms with Crippen molar-refractivity contribution in [2.24, 2.45) is 5.73 Å². The fourth-order valence-electron chi connectivity index (χ4n) is 1.76. The van der Waals surface area contributed by atoms with Crippen LogP contribution in [0.2, 0.25) is 0 Å². The van der Waals surface area contributed by atoms with E-state index < -0.39 is 0 Å². The number of nitrogens with two attached hydrogens (primary N) is 1. The van der Waals surface area contributed by atoms with Gasteiger partial charge in [0.15, 0.2) is 0 Å². The van der Waals surface area contributed by atoms with Crippen molar-refractivity contribution in [3.8, 4) is 0 Å². The lowest BCUT2D eigenvalue weighted by molar-refractivity contribution is 0.718. The minimum Gasteiger partial charge on any atom is -0.324 e. The Bertz CT molecular complexity index is 494. The molecule has 1 atom stereocenters. The number of rotatable bonds is 3. The molecule has 0 saturated heterocycles. The second-order valence-corrected chi connectivity index (χ2v) is 5.73. The van der Waals surface area contributed by atoms with Crippen molar-refractivity contribution in [2.45, 2.75) is 12.5 Å². The van der Waals surface area contributed by atoms with Crippen molar-refractivity contribution >= 4 is 31.9 Å². The van der Waals surface area contributed by atoms with Gasteiger partial charge in [-0.2, -0.15) is 0 Å². The Morgan fingerprint density at radius 3 is 2.24 bits per heavy atom. The average Bonchev–Trinajstić information content (AvgIpc) is 2.32. The van der Waals surface area contributed by atoms with Gasteiger partial charge in [-0.15, -0.1) is 0 Å². The number of benzene rings is 2. The van der Waals surface area contributed by atoms with Crippen LogP contribution in [-0.2, 0) is 6.42 Å². The van der Waals surface area contributed by atoms with Gasteiger partial charge in [-0.1, -0.05) is 62.2 Å². The van der Waals surface area contributed by atoms with Gasteiger partial charge in [-0.3, -0.25) is 0 Å². The summed E-state index contributed by atoms with van der Waals surface area (Å²) in [5.41, 5.74) is 8.62. The van der Waals surface area contributed by atoms with E-state index in [1.54, 1.807) is 0 Å². The first-order valence-corrected chi connectivity index (χ1v) is 7.00. The molecule has 3 heteroatoms. The van der Waals surface area contributed by atoms with E-state index in [-0.39, 0.29) is 6.04 Å². The largest absolute Gasteiger partial charge is 0.324 e. The van der Waals surface area contributed by atoms with Crippen LogP contribution in [0.15, 0.2) is 57.5 Å². The molecule has 17 heavy (non-hydrogen) atoms. The maximum Gasteiger partial charge on any atom is 0.0347 e. The van der Waals surface area contributed by atoms with E-state index in [1.807, 2.05) is 30.3 Å². The molecule has 0 bridgehead atoms. The van der Waals surface area contributed by atoms with E-state index in [1.165, 1.54) is 5.56 Å². The van der Waals surface area contributed by atoms with Gasteiger partial charge in [0.25, 0.3) is 0 Å². The highest BCUT2D eigenvalue weighted by Crippen LogP contribution is 2.24. The van der Waals surface area contributed by atoms with Crippen molar-refractivity contribution in [1.29, 1.82) is 0 Å². The number of hydrogen-bond donors (Lipinski definition) is 1. The topological polar surface area (TPSA) is 26.0 Å². The predicted molar refractivity (Wildman–Crippen MR) is 78.9 cm³/mol. The van der Waals surface area contributed by atoms with E-state index in [2.05, 4.69) is 50.1 Å². The fraction of sp³-hybridized carbons (Fsp3) is 0.143. The Kier molecular flexibility index (Phi) is 4.37. The van der Waals surface area contributed by atoms with Crippen LogP contribution < -0.4 is 5.73 Å². The zero-order chi connectivity index (χ0) is 12.3.